The summed E-state index contributed by atoms with van der Waals surface area (Å²) in [5.74, 6) is 0.296. The Hall–Kier alpha value is -2.27. The Bertz CT molecular complexity index is 1030. The number of amides is 2. The second-order valence-electron chi connectivity index (χ2n) is 7.21. The van der Waals surface area contributed by atoms with Gasteiger partial charge in [0.1, 0.15) is 4.90 Å². The number of morpholine rings is 1. The smallest absolute Gasteiger partial charge is 0.261 e. The van der Waals surface area contributed by atoms with E-state index in [1.807, 2.05) is 0 Å². The maximum absolute atomic E-state index is 12.6. The number of hydrogen-bond acceptors (Lipinski definition) is 7. The van der Waals surface area contributed by atoms with Crippen molar-refractivity contribution >= 4 is 33.6 Å². The molecular formula is C21H23N3O5S2. The van der Waals surface area contributed by atoms with Crippen LogP contribution in [0.4, 0.5) is 0 Å². The van der Waals surface area contributed by atoms with Crippen LogP contribution in [0.15, 0.2) is 52.5 Å². The summed E-state index contributed by atoms with van der Waals surface area (Å²) in [5.41, 5.74) is 0.941. The molecule has 0 spiro atoms. The zero-order valence-corrected chi connectivity index (χ0v) is 18.5. The summed E-state index contributed by atoms with van der Waals surface area (Å²) in [4.78, 5) is 30.5. The third kappa shape index (κ3) is 4.67. The predicted molar refractivity (Wildman–Crippen MR) is 116 cm³/mol. The van der Waals surface area contributed by atoms with Crippen molar-refractivity contribution in [2.45, 2.75) is 22.8 Å². The normalized spacial score (nSPS) is 17.2. The fourth-order valence-corrected chi connectivity index (χ4v) is 5.73. The van der Waals surface area contributed by atoms with E-state index >= 15 is 0 Å². The van der Waals surface area contributed by atoms with Gasteiger partial charge in [-0.25, -0.2) is 13.4 Å². The largest absolute Gasteiger partial charge is 0.379 e. The number of unbranched alkanes of at least 4 members (excludes halogenated alkanes) is 1. The van der Waals surface area contributed by atoms with Gasteiger partial charge in [-0.2, -0.15) is 4.31 Å². The fraction of sp³-hybridized carbons (Fsp3) is 0.381. The van der Waals surface area contributed by atoms with Crippen LogP contribution < -0.4 is 0 Å². The number of benzene rings is 1. The number of ether oxygens (including phenoxy) is 1. The summed E-state index contributed by atoms with van der Waals surface area (Å²) in [7, 11) is -3.54. The van der Waals surface area contributed by atoms with E-state index < -0.39 is 10.0 Å². The number of carbonyl (C=O) groups is 2. The summed E-state index contributed by atoms with van der Waals surface area (Å²) in [6.07, 6.45) is 2.89. The van der Waals surface area contributed by atoms with Crippen molar-refractivity contribution in [2.75, 3.05) is 38.6 Å². The molecule has 2 aliphatic heterocycles. The van der Waals surface area contributed by atoms with E-state index in [0.29, 0.717) is 50.4 Å². The molecule has 1 aromatic heterocycles. The van der Waals surface area contributed by atoms with Gasteiger partial charge < -0.3 is 4.74 Å². The molecule has 0 radical (unpaired) electrons. The Kier molecular flexibility index (Phi) is 6.71. The van der Waals surface area contributed by atoms with Gasteiger partial charge in [0.2, 0.25) is 10.0 Å². The lowest BCUT2D eigenvalue weighted by Gasteiger charge is -2.25. The van der Waals surface area contributed by atoms with E-state index in [2.05, 4.69) is 4.98 Å². The van der Waals surface area contributed by atoms with Gasteiger partial charge in [0.05, 0.1) is 29.4 Å². The molecule has 10 heteroatoms. The van der Waals surface area contributed by atoms with Crippen LogP contribution >= 0.6 is 11.8 Å². The average molecular weight is 462 g/mol. The van der Waals surface area contributed by atoms with Gasteiger partial charge in [0.15, 0.2) is 0 Å². The van der Waals surface area contributed by atoms with Crippen LogP contribution in [0.1, 0.15) is 33.6 Å². The zero-order chi connectivity index (χ0) is 21.8. The van der Waals surface area contributed by atoms with E-state index in [1.165, 1.54) is 27.2 Å². The summed E-state index contributed by atoms with van der Waals surface area (Å²) in [5, 5.41) is 0.738. The van der Waals surface area contributed by atoms with Crippen molar-refractivity contribution in [2.24, 2.45) is 0 Å². The minimum atomic E-state index is -3.54. The third-order valence-electron chi connectivity index (χ3n) is 5.22. The van der Waals surface area contributed by atoms with Gasteiger partial charge in [-0.1, -0.05) is 12.1 Å². The quantitative estimate of drug-likeness (QED) is 0.338. The molecule has 1 aromatic carbocycles. The van der Waals surface area contributed by atoms with Gasteiger partial charge in [-0.15, -0.1) is 11.8 Å². The van der Waals surface area contributed by atoms with Crippen LogP contribution in [0.5, 0.6) is 0 Å². The number of pyridine rings is 1. The second-order valence-corrected chi connectivity index (χ2v) is 10.3. The van der Waals surface area contributed by atoms with Crippen LogP contribution in [0.25, 0.3) is 0 Å². The molecule has 2 amide bonds. The average Bonchev–Trinajstić information content (AvgIpc) is 3.05. The zero-order valence-electron chi connectivity index (χ0n) is 16.9. The molecule has 1 saturated heterocycles. The van der Waals surface area contributed by atoms with Crippen molar-refractivity contribution in [3.63, 3.8) is 0 Å². The van der Waals surface area contributed by atoms with Gasteiger partial charge >= 0.3 is 0 Å². The molecule has 0 N–H and O–H groups in total. The standard InChI is InChI=1S/C21H23N3O5S2/c25-20-17-5-1-2-6-18(17)21(26)24(20)9-3-4-14-30-19-8-7-16(15-22-19)31(27,28)23-10-12-29-13-11-23/h1-2,5-8,15H,3-4,9-14H2. The Morgan fingerprint density at radius 3 is 2.26 bits per heavy atom. The van der Waals surface area contributed by atoms with Gasteiger partial charge in [0, 0.05) is 25.8 Å². The van der Waals surface area contributed by atoms with Crippen LogP contribution in [-0.4, -0.2) is 73.0 Å². The molecule has 164 valence electrons. The lowest BCUT2D eigenvalue weighted by molar-refractivity contribution is 0.0652. The van der Waals surface area contributed by atoms with Crippen LogP contribution in [0.2, 0.25) is 0 Å². The molecule has 2 aromatic rings. The molecule has 4 rings (SSSR count). The Balaban J connectivity index is 1.24. The molecule has 2 aliphatic rings. The number of nitrogens with zero attached hydrogens (tertiary/aromatic N) is 3. The molecule has 0 bridgehead atoms. The highest BCUT2D eigenvalue weighted by Gasteiger charge is 2.34. The van der Waals surface area contributed by atoms with Crippen LogP contribution in [0, 0.1) is 0 Å². The van der Waals surface area contributed by atoms with E-state index in [1.54, 1.807) is 36.4 Å². The molecule has 0 unspecified atom stereocenters. The fourth-order valence-electron chi connectivity index (χ4n) is 3.53. The van der Waals surface area contributed by atoms with Crippen molar-refractivity contribution < 1.29 is 22.7 Å². The molecule has 0 saturated carbocycles. The number of thioether (sulfide) groups is 1. The maximum Gasteiger partial charge on any atom is 0.261 e. The van der Waals surface area contributed by atoms with Crippen molar-refractivity contribution in [3.05, 3.63) is 53.7 Å². The molecule has 0 aliphatic carbocycles. The van der Waals surface area contributed by atoms with Crippen molar-refractivity contribution in [1.29, 1.82) is 0 Å². The SMILES string of the molecule is O=C1c2ccccc2C(=O)N1CCCCSc1ccc(S(=O)(=O)N2CCOCC2)cn1. The first-order valence-corrected chi connectivity index (χ1v) is 12.5. The molecule has 31 heavy (non-hydrogen) atoms. The van der Waals surface area contributed by atoms with E-state index in [4.69, 9.17) is 4.74 Å². The number of hydrogen-bond donors (Lipinski definition) is 0. The number of aromatic nitrogens is 1. The van der Waals surface area contributed by atoms with Crippen LogP contribution in [0.3, 0.4) is 0 Å². The van der Waals surface area contributed by atoms with Gasteiger partial charge in [-0.3, -0.25) is 14.5 Å². The molecule has 1 fully saturated rings. The number of imide groups is 1. The van der Waals surface area contributed by atoms with Gasteiger partial charge in [0.25, 0.3) is 11.8 Å². The molecule has 8 nitrogen and oxygen atoms in total. The minimum absolute atomic E-state index is 0.185. The van der Waals surface area contributed by atoms with Gasteiger partial charge in [-0.05, 0) is 42.9 Å². The first-order valence-electron chi connectivity index (χ1n) is 10.1. The highest BCUT2D eigenvalue weighted by atomic mass is 32.2. The number of carbonyl (C=O) groups excluding carboxylic acids is 2. The van der Waals surface area contributed by atoms with Crippen LogP contribution in [-0.2, 0) is 14.8 Å². The summed E-state index contributed by atoms with van der Waals surface area (Å²) in [6, 6.07) is 10.2. The minimum Gasteiger partial charge on any atom is -0.379 e. The Morgan fingerprint density at radius 1 is 0.968 bits per heavy atom. The predicted octanol–water partition coefficient (Wildman–Crippen LogP) is 2.27. The van der Waals surface area contributed by atoms with Crippen molar-refractivity contribution in [3.8, 4) is 0 Å². The monoisotopic (exact) mass is 461 g/mol. The molecular weight excluding hydrogens is 438 g/mol. The van der Waals surface area contributed by atoms with E-state index in [-0.39, 0.29) is 16.7 Å². The number of rotatable bonds is 8. The molecule has 3 heterocycles. The topological polar surface area (TPSA) is 96.9 Å². The number of fused-ring (bicyclic) bond motifs is 1. The summed E-state index contributed by atoms with van der Waals surface area (Å²) in [6.45, 7) is 1.90. The first-order chi connectivity index (χ1) is 15.0. The highest BCUT2D eigenvalue weighted by Crippen LogP contribution is 2.24. The number of sulfonamides is 1. The lowest BCUT2D eigenvalue weighted by atomic mass is 10.1. The maximum atomic E-state index is 12.6. The second kappa shape index (κ2) is 9.47. The Labute approximate surface area is 185 Å². The van der Waals surface area contributed by atoms with Crippen molar-refractivity contribution in [1.82, 2.24) is 14.2 Å². The third-order valence-corrected chi connectivity index (χ3v) is 8.13. The highest BCUT2D eigenvalue weighted by molar-refractivity contribution is 7.99. The van der Waals surface area contributed by atoms with E-state index in [0.717, 1.165) is 17.2 Å². The Morgan fingerprint density at radius 2 is 1.65 bits per heavy atom. The lowest BCUT2D eigenvalue weighted by Crippen LogP contribution is -2.40. The van der Waals surface area contributed by atoms with E-state index in [9.17, 15) is 18.0 Å². The first kappa shape index (κ1) is 21.9. The summed E-state index contributed by atoms with van der Waals surface area (Å²) < 4.78 is 31.9. The summed E-state index contributed by atoms with van der Waals surface area (Å²) >= 11 is 1.52. The molecule has 0 atom stereocenters.